The van der Waals surface area contributed by atoms with Gasteiger partial charge in [-0.15, -0.1) is 0 Å². The van der Waals surface area contributed by atoms with Gasteiger partial charge in [-0.2, -0.15) is 0 Å². The van der Waals surface area contributed by atoms with Crippen LogP contribution >= 0.6 is 23.2 Å². The van der Waals surface area contributed by atoms with Crippen LogP contribution in [0.1, 0.15) is 26.5 Å². The maximum atomic E-state index is 14.4. The van der Waals surface area contributed by atoms with Gasteiger partial charge in [-0.05, 0) is 37.3 Å². The van der Waals surface area contributed by atoms with Crippen LogP contribution in [0.5, 0.6) is 0 Å². The lowest BCUT2D eigenvalue weighted by atomic mass is 10.0. The summed E-state index contributed by atoms with van der Waals surface area (Å²) in [5.41, 5.74) is 0.346. The fourth-order valence-electron chi connectivity index (χ4n) is 3.62. The van der Waals surface area contributed by atoms with Crippen molar-refractivity contribution in [2.45, 2.75) is 6.92 Å². The highest BCUT2D eigenvalue weighted by Gasteiger charge is 2.32. The lowest BCUT2D eigenvalue weighted by Gasteiger charge is -2.35. The van der Waals surface area contributed by atoms with Crippen molar-refractivity contribution in [3.05, 3.63) is 75.0 Å². The van der Waals surface area contributed by atoms with Crippen molar-refractivity contribution < 1.29 is 22.9 Å². The number of benzene rings is 2. The molecule has 2 aromatic carbocycles. The molecule has 3 aromatic rings. The first kappa shape index (κ1) is 22.2. The van der Waals surface area contributed by atoms with Crippen LogP contribution in [0.4, 0.5) is 8.78 Å². The molecule has 0 aliphatic carbocycles. The molecule has 32 heavy (non-hydrogen) atoms. The summed E-state index contributed by atoms with van der Waals surface area (Å²) in [4.78, 5) is 29.0. The Bertz CT molecular complexity index is 1190. The van der Waals surface area contributed by atoms with Crippen molar-refractivity contribution in [3.63, 3.8) is 0 Å². The van der Waals surface area contributed by atoms with E-state index in [2.05, 4.69) is 5.16 Å². The largest absolute Gasteiger partial charge is 0.360 e. The number of hydrogen-bond donors (Lipinski definition) is 0. The number of rotatable bonds is 3. The van der Waals surface area contributed by atoms with E-state index in [0.717, 1.165) is 6.07 Å². The van der Waals surface area contributed by atoms with Crippen molar-refractivity contribution in [1.82, 2.24) is 15.0 Å². The molecule has 1 fully saturated rings. The number of halogens is 4. The van der Waals surface area contributed by atoms with Gasteiger partial charge in [-0.25, -0.2) is 8.78 Å². The minimum atomic E-state index is -0.619. The molecule has 4 rings (SSSR count). The third kappa shape index (κ3) is 4.08. The Balaban J connectivity index is 1.52. The third-order valence-electron chi connectivity index (χ3n) is 5.29. The van der Waals surface area contributed by atoms with Crippen LogP contribution in [0.15, 0.2) is 40.9 Å². The Hall–Kier alpha value is -2.97. The number of carbonyl (C=O) groups excluding carboxylic acids is 2. The summed E-state index contributed by atoms with van der Waals surface area (Å²) in [6.07, 6.45) is 0. The molecule has 0 saturated carbocycles. The molecule has 0 spiro atoms. The van der Waals surface area contributed by atoms with Crippen LogP contribution in [-0.2, 0) is 0 Å². The van der Waals surface area contributed by atoms with Crippen LogP contribution in [0.3, 0.4) is 0 Å². The summed E-state index contributed by atoms with van der Waals surface area (Å²) in [6, 6.07) is 7.77. The van der Waals surface area contributed by atoms with E-state index < -0.39 is 17.5 Å². The monoisotopic (exact) mass is 479 g/mol. The topological polar surface area (TPSA) is 66.7 Å². The van der Waals surface area contributed by atoms with E-state index in [1.165, 1.54) is 40.1 Å². The number of hydrogen-bond acceptors (Lipinski definition) is 4. The quantitative estimate of drug-likeness (QED) is 0.539. The van der Waals surface area contributed by atoms with Crippen LogP contribution in [0.25, 0.3) is 11.3 Å². The van der Waals surface area contributed by atoms with Crippen LogP contribution in [0.2, 0.25) is 10.0 Å². The van der Waals surface area contributed by atoms with Crippen LogP contribution in [0, 0.1) is 18.6 Å². The molecule has 166 valence electrons. The van der Waals surface area contributed by atoms with Gasteiger partial charge in [-0.3, -0.25) is 9.59 Å². The van der Waals surface area contributed by atoms with Gasteiger partial charge in [0.25, 0.3) is 11.8 Å². The molecule has 6 nitrogen and oxygen atoms in total. The SMILES string of the molecule is Cc1onc(-c2c(F)cccc2Cl)c1C(=O)N1CCN(C(=O)c2ccc(F)cc2Cl)CC1. The van der Waals surface area contributed by atoms with Gasteiger partial charge >= 0.3 is 0 Å². The first-order chi connectivity index (χ1) is 15.3. The van der Waals surface area contributed by atoms with Crippen molar-refractivity contribution in [3.8, 4) is 11.3 Å². The zero-order valence-electron chi connectivity index (χ0n) is 16.9. The minimum Gasteiger partial charge on any atom is -0.360 e. The first-order valence-electron chi connectivity index (χ1n) is 9.72. The third-order valence-corrected chi connectivity index (χ3v) is 5.92. The molecule has 10 heteroatoms. The molecule has 0 N–H and O–H groups in total. The summed E-state index contributed by atoms with van der Waals surface area (Å²) in [7, 11) is 0. The molecule has 0 radical (unpaired) electrons. The Morgan fingerprint density at radius 3 is 2.25 bits per heavy atom. The predicted octanol–water partition coefficient (Wildman–Crippen LogP) is 4.83. The zero-order valence-corrected chi connectivity index (χ0v) is 18.4. The van der Waals surface area contributed by atoms with Crippen molar-refractivity contribution in [2.24, 2.45) is 0 Å². The van der Waals surface area contributed by atoms with Gasteiger partial charge in [0.2, 0.25) is 0 Å². The number of aryl methyl sites for hydroxylation is 1. The fraction of sp³-hybridized carbons (Fsp3) is 0.227. The molecule has 1 aromatic heterocycles. The fourth-order valence-corrected chi connectivity index (χ4v) is 4.12. The summed E-state index contributed by atoms with van der Waals surface area (Å²) in [5.74, 6) is -1.66. The highest BCUT2D eigenvalue weighted by Crippen LogP contribution is 2.34. The first-order valence-corrected chi connectivity index (χ1v) is 10.5. The molecule has 2 heterocycles. The molecule has 1 aliphatic rings. The average molecular weight is 480 g/mol. The standard InChI is InChI=1S/C22H17Cl2F2N3O3/c1-12-18(20(27-32-12)19-15(23)3-2-4-17(19)26)22(31)29-9-7-28(8-10-29)21(30)14-6-5-13(25)11-16(14)24/h2-6,11H,7-10H2,1H3. The van der Waals surface area contributed by atoms with Crippen molar-refractivity contribution in [2.75, 3.05) is 26.2 Å². The zero-order chi connectivity index (χ0) is 23.0. The Morgan fingerprint density at radius 2 is 1.62 bits per heavy atom. The minimum absolute atomic E-state index is 0.00543. The van der Waals surface area contributed by atoms with Gasteiger partial charge in [0.1, 0.15) is 28.7 Å². The summed E-state index contributed by atoms with van der Waals surface area (Å²) in [5, 5.41) is 4.00. The number of carbonyl (C=O) groups is 2. The second-order valence-electron chi connectivity index (χ2n) is 7.27. The molecule has 1 saturated heterocycles. The van der Waals surface area contributed by atoms with Gasteiger partial charge in [0, 0.05) is 26.2 Å². The maximum Gasteiger partial charge on any atom is 0.259 e. The second-order valence-corrected chi connectivity index (χ2v) is 8.08. The van der Waals surface area contributed by atoms with E-state index in [9.17, 15) is 18.4 Å². The maximum absolute atomic E-state index is 14.4. The average Bonchev–Trinajstić information content (AvgIpc) is 3.14. The molecule has 1 aliphatic heterocycles. The summed E-state index contributed by atoms with van der Waals surface area (Å²) in [6.45, 7) is 2.53. The van der Waals surface area contributed by atoms with E-state index in [0.29, 0.717) is 0 Å². The van der Waals surface area contributed by atoms with Gasteiger partial charge in [0.15, 0.2) is 0 Å². The van der Waals surface area contributed by atoms with Gasteiger partial charge in [0.05, 0.1) is 21.2 Å². The van der Waals surface area contributed by atoms with Crippen LogP contribution < -0.4 is 0 Å². The second kappa shape index (κ2) is 8.88. The number of aromatic nitrogens is 1. The highest BCUT2D eigenvalue weighted by molar-refractivity contribution is 6.34. The normalized spacial score (nSPS) is 14.0. The molecule has 0 unspecified atom stereocenters. The van der Waals surface area contributed by atoms with E-state index in [1.54, 1.807) is 6.92 Å². The Kier molecular flexibility index (Phi) is 6.17. The number of nitrogens with zero attached hydrogens (tertiary/aromatic N) is 3. The van der Waals surface area contributed by atoms with Crippen LogP contribution in [-0.4, -0.2) is 52.9 Å². The van der Waals surface area contributed by atoms with E-state index in [4.69, 9.17) is 27.7 Å². The van der Waals surface area contributed by atoms with Crippen molar-refractivity contribution >= 4 is 35.0 Å². The lowest BCUT2D eigenvalue weighted by molar-refractivity contribution is 0.0534. The van der Waals surface area contributed by atoms with Gasteiger partial charge in [-0.1, -0.05) is 34.4 Å². The highest BCUT2D eigenvalue weighted by atomic mass is 35.5. The molecular weight excluding hydrogens is 463 g/mol. The van der Waals surface area contributed by atoms with Crippen molar-refractivity contribution in [1.29, 1.82) is 0 Å². The Labute approximate surface area is 192 Å². The summed E-state index contributed by atoms with van der Waals surface area (Å²) < 4.78 is 32.9. The smallest absolute Gasteiger partial charge is 0.259 e. The van der Waals surface area contributed by atoms with E-state index in [-0.39, 0.29) is 70.3 Å². The predicted molar refractivity (Wildman–Crippen MR) is 115 cm³/mol. The molecular formula is C22H17Cl2F2N3O3. The lowest BCUT2D eigenvalue weighted by Crippen LogP contribution is -2.50. The van der Waals surface area contributed by atoms with Gasteiger partial charge < -0.3 is 14.3 Å². The number of piperazine rings is 1. The molecule has 2 amide bonds. The Morgan fingerprint density at radius 1 is 0.969 bits per heavy atom. The number of amides is 2. The van der Waals surface area contributed by atoms with E-state index >= 15 is 0 Å². The van der Waals surface area contributed by atoms with E-state index in [1.807, 2.05) is 0 Å². The molecule has 0 atom stereocenters. The summed E-state index contributed by atoms with van der Waals surface area (Å²) >= 11 is 12.1. The molecule has 0 bridgehead atoms.